The van der Waals surface area contributed by atoms with Crippen molar-refractivity contribution in [1.29, 1.82) is 0 Å². The third-order valence-corrected chi connectivity index (χ3v) is 8.53. The number of nitrogens with one attached hydrogen (secondary N) is 1. The van der Waals surface area contributed by atoms with Crippen LogP contribution in [-0.4, -0.2) is 51.4 Å². The van der Waals surface area contributed by atoms with Gasteiger partial charge in [-0.15, -0.1) is 0 Å². The Morgan fingerprint density at radius 3 is 2.27 bits per heavy atom. The predicted molar refractivity (Wildman–Crippen MR) is 158 cm³/mol. The summed E-state index contributed by atoms with van der Waals surface area (Å²) in [6.45, 7) is 5.33. The average molecular weight is 607 g/mol. The molecule has 0 bridgehead atoms. The van der Waals surface area contributed by atoms with Crippen LogP contribution in [0.1, 0.15) is 26.3 Å². The molecule has 0 saturated heterocycles. The van der Waals surface area contributed by atoms with Crippen molar-refractivity contribution < 1.29 is 22.7 Å². The van der Waals surface area contributed by atoms with Gasteiger partial charge in [-0.05, 0) is 54.8 Å². The van der Waals surface area contributed by atoms with Crippen LogP contribution in [0.15, 0.2) is 77.7 Å². The molecule has 0 aromatic heterocycles. The van der Waals surface area contributed by atoms with Gasteiger partial charge in [0.1, 0.15) is 18.3 Å². The highest BCUT2D eigenvalue weighted by atomic mass is 35.5. The molecule has 3 rings (SSSR count). The van der Waals surface area contributed by atoms with Crippen molar-refractivity contribution in [3.63, 3.8) is 0 Å². The van der Waals surface area contributed by atoms with E-state index in [4.69, 9.17) is 27.9 Å². The first kappa shape index (κ1) is 31.3. The van der Waals surface area contributed by atoms with Gasteiger partial charge in [-0.1, -0.05) is 67.4 Å². The van der Waals surface area contributed by atoms with Crippen LogP contribution in [0, 0.1) is 5.92 Å². The topological polar surface area (TPSA) is 96.0 Å². The van der Waals surface area contributed by atoms with Gasteiger partial charge >= 0.3 is 0 Å². The number of hydrogen-bond donors (Lipinski definition) is 1. The van der Waals surface area contributed by atoms with Crippen LogP contribution in [0.25, 0.3) is 0 Å². The van der Waals surface area contributed by atoms with Crippen molar-refractivity contribution in [2.75, 3.05) is 24.5 Å². The fraction of sp³-hybridized carbons (Fsp3) is 0.310. The van der Waals surface area contributed by atoms with E-state index in [9.17, 15) is 18.0 Å². The van der Waals surface area contributed by atoms with E-state index in [0.29, 0.717) is 27.9 Å². The monoisotopic (exact) mass is 605 g/mol. The zero-order valence-corrected chi connectivity index (χ0v) is 25.1. The molecule has 8 nitrogen and oxygen atoms in total. The molecule has 3 aromatic rings. The summed E-state index contributed by atoms with van der Waals surface area (Å²) in [5, 5.41) is 3.59. The lowest BCUT2D eigenvalue weighted by Gasteiger charge is -2.32. The molecular formula is C29H33Cl2N3O5S. The number of carbonyl (C=O) groups excluding carboxylic acids is 2. The van der Waals surface area contributed by atoms with Crippen molar-refractivity contribution in [2.24, 2.45) is 5.92 Å². The molecule has 0 spiro atoms. The SMILES string of the molecule is COc1cccc(N(CC(=O)N(Cc2ccc(Cl)cc2Cl)C(C)C(=O)NCC(C)C)S(=O)(=O)c2ccccc2)c1. The Labute approximate surface area is 245 Å². The zero-order valence-electron chi connectivity index (χ0n) is 22.8. The first-order valence-electron chi connectivity index (χ1n) is 12.7. The summed E-state index contributed by atoms with van der Waals surface area (Å²) in [4.78, 5) is 28.4. The number of sulfonamides is 1. The molecule has 1 unspecified atom stereocenters. The Bertz CT molecular complexity index is 1430. The average Bonchev–Trinajstić information content (AvgIpc) is 2.94. The number of methoxy groups -OCH3 is 1. The van der Waals surface area contributed by atoms with E-state index in [2.05, 4.69) is 5.32 Å². The Balaban J connectivity index is 2.04. The highest BCUT2D eigenvalue weighted by molar-refractivity contribution is 7.92. The fourth-order valence-corrected chi connectivity index (χ4v) is 5.78. The van der Waals surface area contributed by atoms with Crippen LogP contribution >= 0.6 is 23.2 Å². The molecule has 1 atom stereocenters. The fourth-order valence-electron chi connectivity index (χ4n) is 3.88. The molecule has 1 N–H and O–H groups in total. The Morgan fingerprint density at radius 2 is 1.65 bits per heavy atom. The molecule has 0 aliphatic heterocycles. The Kier molecular flexibility index (Phi) is 10.8. The van der Waals surface area contributed by atoms with Crippen LogP contribution in [0.2, 0.25) is 10.0 Å². The van der Waals surface area contributed by atoms with E-state index in [0.717, 1.165) is 4.31 Å². The van der Waals surface area contributed by atoms with Crippen LogP contribution in [0.4, 0.5) is 5.69 Å². The molecule has 11 heteroatoms. The molecule has 0 radical (unpaired) electrons. The van der Waals surface area contributed by atoms with E-state index in [1.807, 2.05) is 13.8 Å². The van der Waals surface area contributed by atoms with E-state index in [-0.39, 0.29) is 29.0 Å². The van der Waals surface area contributed by atoms with E-state index < -0.39 is 28.5 Å². The lowest BCUT2D eigenvalue weighted by atomic mass is 10.1. The van der Waals surface area contributed by atoms with E-state index in [1.165, 1.54) is 30.2 Å². The van der Waals surface area contributed by atoms with Gasteiger partial charge in [-0.2, -0.15) is 0 Å². The third kappa shape index (κ3) is 7.90. The summed E-state index contributed by atoms with van der Waals surface area (Å²) in [5.74, 6) is -0.346. The molecule has 40 heavy (non-hydrogen) atoms. The second kappa shape index (κ2) is 13.9. The molecular weight excluding hydrogens is 573 g/mol. The Hall–Kier alpha value is -3.27. The number of amides is 2. The van der Waals surface area contributed by atoms with Crippen molar-refractivity contribution in [3.05, 3.63) is 88.4 Å². The summed E-state index contributed by atoms with van der Waals surface area (Å²) >= 11 is 12.5. The molecule has 0 heterocycles. The van der Waals surface area contributed by atoms with Gasteiger partial charge in [0.25, 0.3) is 10.0 Å². The maximum absolute atomic E-state index is 14.0. The molecule has 0 saturated carbocycles. The number of nitrogens with zero attached hydrogens (tertiary/aromatic N) is 2. The minimum absolute atomic E-state index is 0.0145. The van der Waals surface area contributed by atoms with Crippen molar-refractivity contribution >= 4 is 50.7 Å². The summed E-state index contributed by atoms with van der Waals surface area (Å²) in [6.07, 6.45) is 0. The minimum Gasteiger partial charge on any atom is -0.497 e. The molecule has 2 amide bonds. The van der Waals surface area contributed by atoms with Crippen molar-refractivity contribution in [1.82, 2.24) is 10.2 Å². The highest BCUT2D eigenvalue weighted by Crippen LogP contribution is 2.28. The molecule has 3 aromatic carbocycles. The second-order valence-electron chi connectivity index (χ2n) is 9.60. The molecule has 0 aliphatic rings. The van der Waals surface area contributed by atoms with Crippen molar-refractivity contribution in [3.8, 4) is 5.75 Å². The number of ether oxygens (including phenoxy) is 1. The van der Waals surface area contributed by atoms with Crippen LogP contribution in [0.5, 0.6) is 5.75 Å². The predicted octanol–water partition coefficient (Wildman–Crippen LogP) is 5.39. The number of halogens is 2. The van der Waals surface area contributed by atoms with Gasteiger partial charge in [-0.3, -0.25) is 13.9 Å². The summed E-state index contributed by atoms with van der Waals surface area (Å²) in [5.41, 5.74) is 0.791. The maximum Gasteiger partial charge on any atom is 0.264 e. The zero-order chi connectivity index (χ0) is 29.4. The van der Waals surface area contributed by atoms with Gasteiger partial charge < -0.3 is 15.0 Å². The van der Waals surface area contributed by atoms with E-state index >= 15 is 0 Å². The maximum atomic E-state index is 14.0. The van der Waals surface area contributed by atoms with Crippen LogP contribution in [0.3, 0.4) is 0 Å². The van der Waals surface area contributed by atoms with Crippen LogP contribution in [-0.2, 0) is 26.2 Å². The summed E-state index contributed by atoms with van der Waals surface area (Å²) < 4.78 is 34.0. The smallest absolute Gasteiger partial charge is 0.264 e. The quantitative estimate of drug-likeness (QED) is 0.299. The van der Waals surface area contributed by atoms with Gasteiger partial charge in [0.2, 0.25) is 11.8 Å². The van der Waals surface area contributed by atoms with Crippen LogP contribution < -0.4 is 14.4 Å². The second-order valence-corrected chi connectivity index (χ2v) is 12.3. The third-order valence-electron chi connectivity index (χ3n) is 6.16. The molecule has 0 aliphatic carbocycles. The van der Waals surface area contributed by atoms with Crippen molar-refractivity contribution in [2.45, 2.75) is 38.3 Å². The number of hydrogen-bond acceptors (Lipinski definition) is 5. The normalized spacial score (nSPS) is 12.1. The van der Waals surface area contributed by atoms with Gasteiger partial charge in [0, 0.05) is 29.2 Å². The molecule has 0 fully saturated rings. The lowest BCUT2D eigenvalue weighted by molar-refractivity contribution is -0.139. The summed E-state index contributed by atoms with van der Waals surface area (Å²) in [6, 6.07) is 18.2. The number of rotatable bonds is 12. The largest absolute Gasteiger partial charge is 0.497 e. The summed E-state index contributed by atoms with van der Waals surface area (Å²) in [7, 11) is -2.71. The number of benzene rings is 3. The first-order valence-corrected chi connectivity index (χ1v) is 14.9. The number of carbonyl (C=O) groups is 2. The lowest BCUT2D eigenvalue weighted by Crippen LogP contribution is -2.51. The molecule has 214 valence electrons. The standard InChI is InChI=1S/C29H33Cl2N3O5S/c1-20(2)17-32-29(36)21(3)33(18-22-13-14-23(30)15-27(22)31)28(35)19-34(24-9-8-10-25(16-24)39-4)40(37,38)26-11-6-5-7-12-26/h5-16,20-21H,17-19H2,1-4H3,(H,32,36). The minimum atomic E-state index is -4.18. The number of anilines is 1. The van der Waals surface area contributed by atoms with Gasteiger partial charge in [-0.25, -0.2) is 8.42 Å². The van der Waals surface area contributed by atoms with Gasteiger partial charge in [0.05, 0.1) is 17.7 Å². The van der Waals surface area contributed by atoms with Gasteiger partial charge in [0.15, 0.2) is 0 Å². The van der Waals surface area contributed by atoms with E-state index in [1.54, 1.807) is 61.5 Å². The highest BCUT2D eigenvalue weighted by Gasteiger charge is 2.33. The first-order chi connectivity index (χ1) is 18.9. The Morgan fingerprint density at radius 1 is 0.950 bits per heavy atom.